The number of hydrogen-bond acceptors (Lipinski definition) is 5. The zero-order valence-electron chi connectivity index (χ0n) is 5.40. The molecule has 0 unspecified atom stereocenters. The second kappa shape index (κ2) is 108. The number of nitrogens with zero attached hydrogens (tertiary/aromatic N) is 4. The smallest absolute Gasteiger partial charge is 0.512 e. The summed E-state index contributed by atoms with van der Waals surface area (Å²) in [7, 11) is 0. The maximum Gasteiger partial charge on any atom is 2.00 e. The summed E-state index contributed by atoms with van der Waals surface area (Å²) in [6.45, 7) is 9.50. The van der Waals surface area contributed by atoms with E-state index >= 15 is 0 Å². The van der Waals surface area contributed by atoms with Gasteiger partial charge in [0.25, 0.3) is 0 Å². The summed E-state index contributed by atoms with van der Waals surface area (Å²) in [5, 5.41) is 30.8. The minimum Gasteiger partial charge on any atom is -0.512 e. The van der Waals surface area contributed by atoms with Crippen LogP contribution in [0.25, 0.3) is 0 Å². The first-order chi connectivity index (χ1) is 4.41. The van der Waals surface area contributed by atoms with Gasteiger partial charge in [0.05, 0.1) is 11.8 Å². The average Bonchev–Trinajstić information content (AvgIpc) is 1.98. The fourth-order valence-corrected chi connectivity index (χ4v) is 0.0612. The molecule has 0 saturated heterocycles. The van der Waals surface area contributed by atoms with Crippen LogP contribution in [0.1, 0.15) is 0 Å². The van der Waals surface area contributed by atoms with Crippen molar-refractivity contribution >= 4 is 49.5 Å². The Morgan fingerprint density at radius 2 is 1.09 bits per heavy atom. The number of thioether (sulfide) groups is 1. The number of thiocyanates is 2. The van der Waals surface area contributed by atoms with E-state index in [0.717, 1.165) is 0 Å². The number of hydrogen-bond donors (Lipinski definition) is 0. The second-order valence-electron chi connectivity index (χ2n) is 0.285. The summed E-state index contributed by atoms with van der Waals surface area (Å²) in [6, 6.07) is 0. The number of rotatable bonds is 0. The molecule has 0 radical (unpaired) electrons. The summed E-state index contributed by atoms with van der Waals surface area (Å²) >= 11 is 0.574. The van der Waals surface area contributed by atoms with Crippen molar-refractivity contribution in [1.82, 2.24) is 0 Å². The minimum absolute atomic E-state index is 0. The van der Waals surface area contributed by atoms with E-state index in [-0.39, 0.29) is 43.2 Å². The molecular formula is C4H2CaN4OS. The largest absolute Gasteiger partial charge is 2.00 e. The van der Waals surface area contributed by atoms with Gasteiger partial charge >= 0.3 is 37.7 Å². The van der Waals surface area contributed by atoms with E-state index in [9.17, 15) is 0 Å². The Morgan fingerprint density at radius 3 is 1.09 bits per heavy atom. The zero-order valence-corrected chi connectivity index (χ0v) is 8.43. The van der Waals surface area contributed by atoms with E-state index in [1.165, 1.54) is 0 Å². The van der Waals surface area contributed by atoms with Crippen molar-refractivity contribution in [2.24, 2.45) is 0 Å². The number of nitriles is 2. The molecule has 0 aliphatic heterocycles. The predicted octanol–water partition coefficient (Wildman–Crippen LogP) is -0.331. The van der Waals surface area contributed by atoms with Gasteiger partial charge < -0.3 is 29.1 Å². The SMILES string of the molecule is N#CSC#N.O.[C-]#N.[C-]#N.[Ca+2]. The summed E-state index contributed by atoms with van der Waals surface area (Å²) < 4.78 is 0. The molecule has 0 fully saturated rings. The van der Waals surface area contributed by atoms with Crippen LogP contribution in [-0.4, -0.2) is 43.2 Å². The van der Waals surface area contributed by atoms with Crippen LogP contribution in [0.15, 0.2) is 0 Å². The van der Waals surface area contributed by atoms with Crippen LogP contribution >= 0.6 is 11.8 Å². The molecule has 0 aromatic rings. The van der Waals surface area contributed by atoms with Gasteiger partial charge in [0.15, 0.2) is 0 Å². The Labute approximate surface area is 99.1 Å². The molecule has 0 bridgehead atoms. The normalized spacial score (nSPS) is 2.36. The molecule has 0 spiro atoms. The molecule has 0 rings (SSSR count). The van der Waals surface area contributed by atoms with Gasteiger partial charge in [0, 0.05) is 0 Å². The average molecular weight is 194 g/mol. The summed E-state index contributed by atoms with van der Waals surface area (Å²) in [6.07, 6.45) is 0. The van der Waals surface area contributed by atoms with Crippen LogP contribution in [0.5, 0.6) is 0 Å². The monoisotopic (exact) mass is 194 g/mol. The Kier molecular flexibility index (Phi) is 308. The van der Waals surface area contributed by atoms with E-state index in [4.69, 9.17) is 34.2 Å². The maximum absolute atomic E-state index is 7.56. The third-order valence-corrected chi connectivity index (χ3v) is 0.274. The standard InChI is InChI=1S/C2N2S.2CN.Ca.H2O/c3-1-5-2-4;2*1-2;;/h;;;;1H2/q;2*-1;+2;. The Bertz CT molecular complexity index is 137. The van der Waals surface area contributed by atoms with Gasteiger partial charge in [-0.15, -0.1) is 0 Å². The molecular weight excluding hydrogens is 192 g/mol. The van der Waals surface area contributed by atoms with Gasteiger partial charge in [0.2, 0.25) is 0 Å². The predicted molar refractivity (Wildman–Crippen MR) is 38.1 cm³/mol. The molecule has 7 heteroatoms. The molecule has 0 aromatic carbocycles. The van der Waals surface area contributed by atoms with Crippen molar-refractivity contribution in [2.75, 3.05) is 0 Å². The molecule has 0 amide bonds. The van der Waals surface area contributed by atoms with Crippen LogP contribution in [0, 0.1) is 45.0 Å². The van der Waals surface area contributed by atoms with Crippen molar-refractivity contribution in [3.8, 4) is 10.8 Å². The summed E-state index contributed by atoms with van der Waals surface area (Å²) in [5.41, 5.74) is 0. The molecule has 0 saturated carbocycles. The minimum atomic E-state index is 0. The third kappa shape index (κ3) is 231. The molecule has 0 heterocycles. The van der Waals surface area contributed by atoms with E-state index < -0.39 is 0 Å². The first-order valence-corrected chi connectivity index (χ1v) is 2.12. The maximum atomic E-state index is 7.56. The first kappa shape index (κ1) is 31.3. The molecule has 11 heavy (non-hydrogen) atoms. The van der Waals surface area contributed by atoms with Crippen molar-refractivity contribution in [3.05, 3.63) is 13.1 Å². The third-order valence-electron chi connectivity index (χ3n) is 0.0913. The fraction of sp³-hybridized carbons (Fsp3) is 0. The first-order valence-electron chi connectivity index (χ1n) is 1.30. The summed E-state index contributed by atoms with van der Waals surface area (Å²) in [4.78, 5) is 0. The van der Waals surface area contributed by atoms with Gasteiger partial charge in [0.1, 0.15) is 10.8 Å². The Balaban J connectivity index is -0.0000000178. The summed E-state index contributed by atoms with van der Waals surface area (Å²) in [5.74, 6) is 0. The van der Waals surface area contributed by atoms with Crippen LogP contribution in [0.2, 0.25) is 0 Å². The molecule has 52 valence electrons. The van der Waals surface area contributed by atoms with Crippen molar-refractivity contribution < 1.29 is 5.48 Å². The van der Waals surface area contributed by atoms with Crippen LogP contribution < -0.4 is 0 Å². The zero-order chi connectivity index (χ0) is 8.12. The molecule has 5 nitrogen and oxygen atoms in total. The van der Waals surface area contributed by atoms with Gasteiger partial charge in [-0.25, -0.2) is 0 Å². The molecule has 2 N–H and O–H groups in total. The van der Waals surface area contributed by atoms with Crippen LogP contribution in [0.4, 0.5) is 0 Å². The van der Waals surface area contributed by atoms with Crippen molar-refractivity contribution in [1.29, 1.82) is 21.0 Å². The Morgan fingerprint density at radius 1 is 0.909 bits per heavy atom. The second-order valence-corrected chi connectivity index (χ2v) is 0.854. The van der Waals surface area contributed by atoms with Crippen molar-refractivity contribution in [2.45, 2.75) is 0 Å². The van der Waals surface area contributed by atoms with Crippen LogP contribution in [0.3, 0.4) is 0 Å². The topological polar surface area (TPSA) is 127 Å². The van der Waals surface area contributed by atoms with E-state index in [1.54, 1.807) is 10.8 Å². The van der Waals surface area contributed by atoms with Crippen LogP contribution in [-0.2, 0) is 0 Å². The van der Waals surface area contributed by atoms with Gasteiger partial charge in [-0.05, 0) is 0 Å². The Hall–Kier alpha value is -0.470. The van der Waals surface area contributed by atoms with Gasteiger partial charge in [-0.2, -0.15) is 10.5 Å². The molecule has 0 aromatic heterocycles. The molecule has 0 aliphatic rings. The van der Waals surface area contributed by atoms with Crippen molar-refractivity contribution in [3.63, 3.8) is 0 Å². The van der Waals surface area contributed by atoms with E-state index in [1.807, 2.05) is 0 Å². The van der Waals surface area contributed by atoms with Gasteiger partial charge in [-0.1, -0.05) is 0 Å². The quantitative estimate of drug-likeness (QED) is 0.296. The molecule has 0 aliphatic carbocycles. The fourth-order valence-electron chi connectivity index (χ4n) is 0.0204. The van der Waals surface area contributed by atoms with Gasteiger partial charge in [-0.3, -0.25) is 0 Å². The molecule has 0 atom stereocenters. The van der Waals surface area contributed by atoms with E-state index in [2.05, 4.69) is 0 Å². The van der Waals surface area contributed by atoms with E-state index in [0.29, 0.717) is 11.8 Å².